The zero-order valence-electron chi connectivity index (χ0n) is 14.0. The van der Waals surface area contributed by atoms with Crippen molar-refractivity contribution in [1.29, 1.82) is 0 Å². The molecule has 1 aliphatic heterocycles. The molecule has 1 amide bonds. The molecule has 2 heterocycles. The molecule has 2 N–H and O–H groups in total. The van der Waals surface area contributed by atoms with Crippen LogP contribution in [-0.4, -0.2) is 55.2 Å². The number of anilines is 2. The van der Waals surface area contributed by atoms with Gasteiger partial charge in [0.25, 0.3) is 5.91 Å². The molecule has 132 valence electrons. The van der Waals surface area contributed by atoms with E-state index in [9.17, 15) is 4.79 Å². The summed E-state index contributed by atoms with van der Waals surface area (Å²) in [5.74, 6) is 0.369. The third kappa shape index (κ3) is 5.01. The summed E-state index contributed by atoms with van der Waals surface area (Å²) < 4.78 is 6.70. The van der Waals surface area contributed by atoms with Crippen LogP contribution in [0, 0.1) is 0 Å². The van der Waals surface area contributed by atoms with Gasteiger partial charge < -0.3 is 20.3 Å². The smallest absolute Gasteiger partial charge is 0.259 e. The molecule has 1 unspecified atom stereocenters. The molecule has 0 aliphatic carbocycles. The molecular weight excluding hydrogens is 384 g/mol. The van der Waals surface area contributed by atoms with E-state index in [2.05, 4.69) is 43.5 Å². The summed E-state index contributed by atoms with van der Waals surface area (Å²) in [6.07, 6.45) is 1.76. The van der Waals surface area contributed by atoms with Crippen molar-refractivity contribution in [2.24, 2.45) is 0 Å². The van der Waals surface area contributed by atoms with E-state index in [1.807, 2.05) is 24.3 Å². The number of carbonyl (C=O) groups is 1. The first-order valence-electron chi connectivity index (χ1n) is 8.18. The van der Waals surface area contributed by atoms with E-state index in [4.69, 9.17) is 4.74 Å². The standard InChI is InChI=1S/C18H21BrN4O2/c1-23-9-10-25-15(12-23)11-21-17-16(3-2-8-20-17)18(24)22-14-6-4-13(19)5-7-14/h2-8,15H,9-12H2,1H3,(H,20,21)(H,22,24). The van der Waals surface area contributed by atoms with E-state index in [0.29, 0.717) is 17.9 Å². The first-order valence-corrected chi connectivity index (χ1v) is 8.97. The molecule has 3 rings (SSSR count). The minimum Gasteiger partial charge on any atom is -0.374 e. The maximum Gasteiger partial charge on any atom is 0.259 e. The number of hydrogen-bond donors (Lipinski definition) is 2. The Bertz CT molecular complexity index is 723. The Morgan fingerprint density at radius 2 is 2.16 bits per heavy atom. The summed E-state index contributed by atoms with van der Waals surface area (Å²) in [5, 5.41) is 6.14. The van der Waals surface area contributed by atoms with E-state index < -0.39 is 0 Å². The highest BCUT2D eigenvalue weighted by Crippen LogP contribution is 2.18. The Morgan fingerprint density at radius 1 is 1.36 bits per heavy atom. The fourth-order valence-electron chi connectivity index (χ4n) is 2.66. The SMILES string of the molecule is CN1CCOC(CNc2ncccc2C(=O)Nc2ccc(Br)cc2)C1. The lowest BCUT2D eigenvalue weighted by molar-refractivity contribution is -0.0117. The lowest BCUT2D eigenvalue weighted by atomic mass is 10.2. The average molecular weight is 405 g/mol. The van der Waals surface area contributed by atoms with Crippen molar-refractivity contribution in [1.82, 2.24) is 9.88 Å². The van der Waals surface area contributed by atoms with Crippen molar-refractivity contribution in [2.45, 2.75) is 6.10 Å². The van der Waals surface area contributed by atoms with Crippen LogP contribution in [-0.2, 0) is 4.74 Å². The van der Waals surface area contributed by atoms with Gasteiger partial charge in [0.15, 0.2) is 0 Å². The quantitative estimate of drug-likeness (QED) is 0.801. The molecule has 1 aliphatic rings. The van der Waals surface area contributed by atoms with Crippen LogP contribution < -0.4 is 10.6 Å². The zero-order valence-corrected chi connectivity index (χ0v) is 15.6. The maximum absolute atomic E-state index is 12.6. The minimum absolute atomic E-state index is 0.0862. The van der Waals surface area contributed by atoms with Gasteiger partial charge in [-0.25, -0.2) is 4.98 Å². The fraction of sp³-hybridized carbons (Fsp3) is 0.333. The monoisotopic (exact) mass is 404 g/mol. The summed E-state index contributed by atoms with van der Waals surface area (Å²) in [6, 6.07) is 11.0. The highest BCUT2D eigenvalue weighted by atomic mass is 79.9. The predicted molar refractivity (Wildman–Crippen MR) is 102 cm³/mol. The molecule has 0 radical (unpaired) electrons. The Kier molecular flexibility index (Phi) is 6.01. The fourth-order valence-corrected chi connectivity index (χ4v) is 2.93. The van der Waals surface area contributed by atoms with Crippen LogP contribution in [0.2, 0.25) is 0 Å². The molecule has 0 bridgehead atoms. The zero-order chi connectivity index (χ0) is 17.6. The Labute approximate surface area is 155 Å². The number of nitrogens with one attached hydrogen (secondary N) is 2. The number of hydrogen-bond acceptors (Lipinski definition) is 5. The van der Waals surface area contributed by atoms with E-state index in [1.54, 1.807) is 18.3 Å². The summed E-state index contributed by atoms with van der Waals surface area (Å²) in [4.78, 5) is 19.1. The van der Waals surface area contributed by atoms with Gasteiger partial charge in [0.1, 0.15) is 5.82 Å². The van der Waals surface area contributed by atoms with Crippen molar-refractivity contribution in [3.05, 3.63) is 52.6 Å². The van der Waals surface area contributed by atoms with Crippen molar-refractivity contribution < 1.29 is 9.53 Å². The molecule has 7 heteroatoms. The first-order chi connectivity index (χ1) is 12.1. The molecule has 2 aromatic rings. The summed E-state index contributed by atoms with van der Waals surface area (Å²) >= 11 is 3.38. The maximum atomic E-state index is 12.6. The first kappa shape index (κ1) is 17.8. The van der Waals surface area contributed by atoms with Crippen molar-refractivity contribution in [2.75, 3.05) is 43.9 Å². The number of benzene rings is 1. The molecule has 1 fully saturated rings. The number of amides is 1. The number of halogens is 1. The Hall–Kier alpha value is -1.96. The second kappa shape index (κ2) is 8.42. The number of pyridine rings is 1. The third-order valence-corrected chi connectivity index (χ3v) is 4.52. The number of ether oxygens (including phenoxy) is 1. The van der Waals surface area contributed by atoms with E-state index in [0.717, 1.165) is 29.9 Å². The molecule has 0 saturated carbocycles. The lowest BCUT2D eigenvalue weighted by Crippen LogP contribution is -2.43. The molecule has 1 aromatic carbocycles. The summed E-state index contributed by atoms with van der Waals surface area (Å²) in [7, 11) is 2.08. The third-order valence-electron chi connectivity index (χ3n) is 3.99. The lowest BCUT2D eigenvalue weighted by Gasteiger charge is -2.30. The van der Waals surface area contributed by atoms with Gasteiger partial charge >= 0.3 is 0 Å². The van der Waals surface area contributed by atoms with Gasteiger partial charge in [-0.15, -0.1) is 0 Å². The van der Waals surface area contributed by atoms with Crippen LogP contribution in [0.4, 0.5) is 11.5 Å². The second-order valence-electron chi connectivity index (χ2n) is 6.00. The van der Waals surface area contributed by atoms with Gasteiger partial charge in [0.2, 0.25) is 0 Å². The number of morpholine rings is 1. The van der Waals surface area contributed by atoms with Crippen molar-refractivity contribution >= 4 is 33.3 Å². The molecule has 1 saturated heterocycles. The van der Waals surface area contributed by atoms with E-state index in [-0.39, 0.29) is 12.0 Å². The topological polar surface area (TPSA) is 66.5 Å². The van der Waals surface area contributed by atoms with Gasteiger partial charge in [-0.05, 0) is 43.4 Å². The van der Waals surface area contributed by atoms with Crippen molar-refractivity contribution in [3.8, 4) is 0 Å². The summed E-state index contributed by atoms with van der Waals surface area (Å²) in [5.41, 5.74) is 1.25. The molecule has 1 atom stereocenters. The number of nitrogens with zero attached hydrogens (tertiary/aromatic N) is 2. The number of rotatable bonds is 5. The predicted octanol–water partition coefficient (Wildman–Crippen LogP) is 2.84. The highest BCUT2D eigenvalue weighted by molar-refractivity contribution is 9.10. The number of aromatic nitrogens is 1. The van der Waals surface area contributed by atoms with Gasteiger partial charge in [-0.2, -0.15) is 0 Å². The van der Waals surface area contributed by atoms with Crippen LogP contribution in [0.25, 0.3) is 0 Å². The number of carbonyl (C=O) groups excluding carboxylic acids is 1. The average Bonchev–Trinajstić information content (AvgIpc) is 2.62. The minimum atomic E-state index is -0.195. The summed E-state index contributed by atoms with van der Waals surface area (Å²) in [6.45, 7) is 3.14. The van der Waals surface area contributed by atoms with E-state index in [1.165, 1.54) is 0 Å². The molecule has 6 nitrogen and oxygen atoms in total. The van der Waals surface area contributed by atoms with Gasteiger partial charge in [-0.3, -0.25) is 4.79 Å². The van der Waals surface area contributed by atoms with Crippen LogP contribution in [0.1, 0.15) is 10.4 Å². The normalized spacial score (nSPS) is 17.9. The van der Waals surface area contributed by atoms with Crippen LogP contribution in [0.5, 0.6) is 0 Å². The molecular formula is C18H21BrN4O2. The Balaban J connectivity index is 1.65. The Morgan fingerprint density at radius 3 is 2.92 bits per heavy atom. The largest absolute Gasteiger partial charge is 0.374 e. The van der Waals surface area contributed by atoms with Gasteiger partial charge in [0.05, 0.1) is 18.3 Å². The van der Waals surface area contributed by atoms with Gasteiger partial charge in [-0.1, -0.05) is 15.9 Å². The van der Waals surface area contributed by atoms with Gasteiger partial charge in [0, 0.05) is 36.0 Å². The van der Waals surface area contributed by atoms with Crippen LogP contribution in [0.3, 0.4) is 0 Å². The van der Waals surface area contributed by atoms with Crippen LogP contribution in [0.15, 0.2) is 47.1 Å². The number of likely N-dealkylation sites (N-methyl/N-ethyl adjacent to an activating group) is 1. The van der Waals surface area contributed by atoms with Crippen LogP contribution >= 0.6 is 15.9 Å². The molecule has 0 spiro atoms. The molecule has 1 aromatic heterocycles. The highest BCUT2D eigenvalue weighted by Gasteiger charge is 2.19. The van der Waals surface area contributed by atoms with E-state index >= 15 is 0 Å². The second-order valence-corrected chi connectivity index (χ2v) is 6.91. The molecule has 25 heavy (non-hydrogen) atoms. The van der Waals surface area contributed by atoms with Crippen molar-refractivity contribution in [3.63, 3.8) is 0 Å².